The topological polar surface area (TPSA) is 41.6 Å². The third kappa shape index (κ3) is 4.23. The molecular formula is C16H26N2O2. The molecule has 0 saturated heterocycles. The van der Waals surface area contributed by atoms with Crippen LogP contribution in [0.1, 0.15) is 36.2 Å². The Bertz CT molecular complexity index is 446. The first-order valence-electron chi connectivity index (χ1n) is 7.11. The molecule has 0 aliphatic carbocycles. The minimum Gasteiger partial charge on any atom is -0.384 e. The summed E-state index contributed by atoms with van der Waals surface area (Å²) >= 11 is 0. The first-order valence-corrected chi connectivity index (χ1v) is 7.11. The number of hydrogen-bond donors (Lipinski definition) is 1. The Labute approximate surface area is 122 Å². The van der Waals surface area contributed by atoms with Crippen molar-refractivity contribution in [3.05, 3.63) is 29.3 Å². The molecule has 1 amide bonds. The largest absolute Gasteiger partial charge is 0.384 e. The van der Waals surface area contributed by atoms with E-state index in [1.807, 2.05) is 39.1 Å². The molecule has 1 unspecified atom stereocenters. The molecule has 4 heteroatoms. The summed E-state index contributed by atoms with van der Waals surface area (Å²) < 4.78 is 5.12. The second-order valence-electron chi connectivity index (χ2n) is 5.20. The molecule has 4 nitrogen and oxygen atoms in total. The van der Waals surface area contributed by atoms with Crippen LogP contribution in [0.25, 0.3) is 0 Å². The fourth-order valence-corrected chi connectivity index (χ4v) is 1.99. The normalized spacial score (nSPS) is 12.1. The lowest BCUT2D eigenvalue weighted by molar-refractivity contribution is 0.0634. The summed E-state index contributed by atoms with van der Waals surface area (Å²) in [4.78, 5) is 14.3. The van der Waals surface area contributed by atoms with Crippen molar-refractivity contribution in [2.45, 2.75) is 33.2 Å². The number of benzene rings is 1. The number of ether oxygens (including phenoxy) is 1. The molecule has 0 saturated carbocycles. The average molecular weight is 278 g/mol. The Morgan fingerprint density at radius 3 is 2.75 bits per heavy atom. The summed E-state index contributed by atoms with van der Waals surface area (Å²) in [6.45, 7) is 7.52. The Kier molecular flexibility index (Phi) is 6.52. The maximum atomic E-state index is 12.6. The van der Waals surface area contributed by atoms with E-state index >= 15 is 0 Å². The molecule has 112 valence electrons. The SMILES string of the molecule is CCCNc1cc(C)ccc1C(=O)N(C)C(C)COC. The van der Waals surface area contributed by atoms with E-state index in [1.54, 1.807) is 12.0 Å². The molecular weight excluding hydrogens is 252 g/mol. The summed E-state index contributed by atoms with van der Waals surface area (Å²) in [6.07, 6.45) is 1.03. The molecule has 1 atom stereocenters. The molecule has 1 aromatic rings. The zero-order valence-electron chi connectivity index (χ0n) is 13.2. The highest BCUT2D eigenvalue weighted by Gasteiger charge is 2.20. The molecule has 1 rings (SSSR count). The van der Waals surface area contributed by atoms with Crippen LogP contribution in [0.3, 0.4) is 0 Å². The van der Waals surface area contributed by atoms with Gasteiger partial charge in [0.15, 0.2) is 0 Å². The average Bonchev–Trinajstić information content (AvgIpc) is 2.44. The number of nitrogens with zero attached hydrogens (tertiary/aromatic N) is 1. The van der Waals surface area contributed by atoms with Gasteiger partial charge in [-0.05, 0) is 38.0 Å². The van der Waals surface area contributed by atoms with Crippen LogP contribution >= 0.6 is 0 Å². The summed E-state index contributed by atoms with van der Waals surface area (Å²) in [5.74, 6) is 0.0214. The van der Waals surface area contributed by atoms with Gasteiger partial charge in [0.1, 0.15) is 0 Å². The smallest absolute Gasteiger partial charge is 0.256 e. The van der Waals surface area contributed by atoms with Crippen molar-refractivity contribution in [1.82, 2.24) is 4.90 Å². The van der Waals surface area contributed by atoms with Crippen LogP contribution in [0.4, 0.5) is 5.69 Å². The quantitative estimate of drug-likeness (QED) is 0.834. The number of carbonyl (C=O) groups excluding carboxylic acids is 1. The third-order valence-electron chi connectivity index (χ3n) is 3.36. The van der Waals surface area contributed by atoms with Gasteiger partial charge in [-0.25, -0.2) is 0 Å². The van der Waals surface area contributed by atoms with Crippen LogP contribution in [-0.2, 0) is 4.74 Å². The number of hydrogen-bond acceptors (Lipinski definition) is 3. The Morgan fingerprint density at radius 1 is 1.45 bits per heavy atom. The maximum Gasteiger partial charge on any atom is 0.256 e. The van der Waals surface area contributed by atoms with Gasteiger partial charge in [0.25, 0.3) is 5.91 Å². The van der Waals surface area contributed by atoms with E-state index in [2.05, 4.69) is 12.2 Å². The minimum absolute atomic E-state index is 0.0214. The molecule has 1 N–H and O–H groups in total. The highest BCUT2D eigenvalue weighted by molar-refractivity contribution is 5.99. The monoisotopic (exact) mass is 278 g/mol. The molecule has 0 aromatic heterocycles. The summed E-state index contributed by atoms with van der Waals surface area (Å²) in [5, 5.41) is 3.33. The zero-order valence-corrected chi connectivity index (χ0v) is 13.2. The van der Waals surface area contributed by atoms with Crippen LogP contribution in [0.5, 0.6) is 0 Å². The Balaban J connectivity index is 2.96. The lowest BCUT2D eigenvalue weighted by Gasteiger charge is -2.25. The molecule has 0 aliphatic heterocycles. The van der Waals surface area contributed by atoms with E-state index in [0.717, 1.165) is 29.8 Å². The van der Waals surface area contributed by atoms with Crippen molar-refractivity contribution in [2.75, 3.05) is 32.6 Å². The van der Waals surface area contributed by atoms with Gasteiger partial charge in [-0.3, -0.25) is 4.79 Å². The first-order chi connectivity index (χ1) is 9.51. The minimum atomic E-state index is 0.0214. The summed E-state index contributed by atoms with van der Waals surface area (Å²) in [5.41, 5.74) is 2.77. The number of methoxy groups -OCH3 is 1. The van der Waals surface area contributed by atoms with E-state index < -0.39 is 0 Å². The third-order valence-corrected chi connectivity index (χ3v) is 3.36. The van der Waals surface area contributed by atoms with Crippen LogP contribution in [0.2, 0.25) is 0 Å². The van der Waals surface area contributed by atoms with Gasteiger partial charge in [0.2, 0.25) is 0 Å². The fraction of sp³-hybridized carbons (Fsp3) is 0.562. The zero-order chi connectivity index (χ0) is 15.1. The van der Waals surface area contributed by atoms with Gasteiger partial charge in [-0.2, -0.15) is 0 Å². The standard InChI is InChI=1S/C16H26N2O2/c1-6-9-17-15-10-12(2)7-8-14(15)16(19)18(4)13(3)11-20-5/h7-8,10,13,17H,6,9,11H2,1-5H3. The lowest BCUT2D eigenvalue weighted by atomic mass is 10.1. The van der Waals surface area contributed by atoms with Crippen LogP contribution in [0.15, 0.2) is 18.2 Å². The predicted octanol–water partition coefficient (Wildman–Crippen LogP) is 2.92. The van der Waals surface area contributed by atoms with Gasteiger partial charge in [-0.1, -0.05) is 13.0 Å². The van der Waals surface area contributed by atoms with Crippen LogP contribution in [-0.4, -0.2) is 44.2 Å². The number of likely N-dealkylation sites (N-methyl/N-ethyl adjacent to an activating group) is 1. The molecule has 1 aromatic carbocycles. The van der Waals surface area contributed by atoms with Gasteiger partial charge < -0.3 is 15.0 Å². The fourth-order valence-electron chi connectivity index (χ4n) is 1.99. The van der Waals surface area contributed by atoms with Crippen molar-refractivity contribution in [2.24, 2.45) is 0 Å². The van der Waals surface area contributed by atoms with Crippen molar-refractivity contribution in [3.63, 3.8) is 0 Å². The molecule has 20 heavy (non-hydrogen) atoms. The number of anilines is 1. The predicted molar refractivity (Wildman–Crippen MR) is 83.4 cm³/mol. The molecule has 0 heterocycles. The second-order valence-corrected chi connectivity index (χ2v) is 5.20. The van der Waals surface area contributed by atoms with Gasteiger partial charge >= 0.3 is 0 Å². The number of rotatable bonds is 7. The van der Waals surface area contributed by atoms with Gasteiger partial charge in [0, 0.05) is 26.4 Å². The number of carbonyl (C=O) groups is 1. The van der Waals surface area contributed by atoms with E-state index in [0.29, 0.717) is 6.61 Å². The van der Waals surface area contributed by atoms with Crippen molar-refractivity contribution in [3.8, 4) is 0 Å². The molecule has 0 aliphatic rings. The first kappa shape index (κ1) is 16.5. The van der Waals surface area contributed by atoms with Crippen molar-refractivity contribution >= 4 is 11.6 Å². The Hall–Kier alpha value is -1.55. The Morgan fingerprint density at radius 2 is 2.15 bits per heavy atom. The van der Waals surface area contributed by atoms with Crippen molar-refractivity contribution in [1.29, 1.82) is 0 Å². The number of aryl methyl sites for hydroxylation is 1. The number of nitrogens with one attached hydrogen (secondary N) is 1. The molecule has 0 fully saturated rings. The van der Waals surface area contributed by atoms with Crippen molar-refractivity contribution < 1.29 is 9.53 Å². The van der Waals surface area contributed by atoms with Gasteiger partial charge in [-0.15, -0.1) is 0 Å². The van der Waals surface area contributed by atoms with E-state index in [4.69, 9.17) is 4.74 Å². The highest BCUT2D eigenvalue weighted by Crippen LogP contribution is 2.20. The molecule has 0 bridgehead atoms. The van der Waals surface area contributed by atoms with E-state index in [-0.39, 0.29) is 11.9 Å². The number of amides is 1. The van der Waals surface area contributed by atoms with E-state index in [9.17, 15) is 4.79 Å². The van der Waals surface area contributed by atoms with Crippen LogP contribution < -0.4 is 5.32 Å². The van der Waals surface area contributed by atoms with E-state index in [1.165, 1.54) is 0 Å². The summed E-state index contributed by atoms with van der Waals surface area (Å²) in [7, 11) is 3.46. The molecule has 0 spiro atoms. The van der Waals surface area contributed by atoms with Gasteiger partial charge in [0.05, 0.1) is 18.2 Å². The summed E-state index contributed by atoms with van der Waals surface area (Å²) in [6, 6.07) is 5.94. The maximum absolute atomic E-state index is 12.6. The second kappa shape index (κ2) is 7.90. The highest BCUT2D eigenvalue weighted by atomic mass is 16.5. The lowest BCUT2D eigenvalue weighted by Crippen LogP contribution is -2.38. The van der Waals surface area contributed by atoms with Crippen LogP contribution in [0, 0.1) is 6.92 Å². The molecule has 0 radical (unpaired) electrons.